The molecule has 0 fully saturated rings. The third-order valence-electron chi connectivity index (χ3n) is 2.99. The fourth-order valence-corrected chi connectivity index (χ4v) is 1.75. The van der Waals surface area contributed by atoms with Gasteiger partial charge in [-0.1, -0.05) is 25.1 Å². The maximum absolute atomic E-state index is 5.28. The van der Waals surface area contributed by atoms with Crippen molar-refractivity contribution in [1.29, 1.82) is 0 Å². The third-order valence-corrected chi connectivity index (χ3v) is 2.99. The molecule has 0 saturated heterocycles. The highest BCUT2D eigenvalue weighted by molar-refractivity contribution is 5.79. The van der Waals surface area contributed by atoms with Gasteiger partial charge in [0.25, 0.3) is 0 Å². The van der Waals surface area contributed by atoms with Gasteiger partial charge in [0.05, 0.1) is 24.5 Å². The zero-order valence-electron chi connectivity index (χ0n) is 12.6. The van der Waals surface area contributed by atoms with E-state index < -0.39 is 0 Å². The molecule has 0 saturated carbocycles. The number of aromatic nitrogens is 2. The minimum atomic E-state index is 0.365. The van der Waals surface area contributed by atoms with Gasteiger partial charge in [-0.15, -0.1) is 0 Å². The number of rotatable bonds is 5. The molecule has 0 aliphatic heterocycles. The van der Waals surface area contributed by atoms with Crippen LogP contribution in [0.5, 0.6) is 0 Å². The molecule has 0 aromatic carbocycles. The van der Waals surface area contributed by atoms with Crippen LogP contribution in [0.3, 0.4) is 0 Å². The monoisotopic (exact) mass is 287 g/mol. The van der Waals surface area contributed by atoms with Crippen molar-refractivity contribution in [3.05, 3.63) is 47.6 Å². The van der Waals surface area contributed by atoms with Crippen molar-refractivity contribution in [3.8, 4) is 0 Å². The van der Waals surface area contributed by atoms with E-state index in [0.29, 0.717) is 25.0 Å². The molecule has 0 spiro atoms. The molecule has 2 aromatic rings. The minimum Gasteiger partial charge on any atom is -0.359 e. The molecule has 2 heterocycles. The Morgan fingerprint density at radius 3 is 2.71 bits per heavy atom. The third kappa shape index (κ3) is 4.59. The lowest BCUT2D eigenvalue weighted by Crippen LogP contribution is -2.36. The molecule has 6 heteroatoms. The minimum absolute atomic E-state index is 0.365. The summed E-state index contributed by atoms with van der Waals surface area (Å²) in [6.07, 6.45) is 1.77. The van der Waals surface area contributed by atoms with E-state index in [1.54, 1.807) is 13.2 Å². The Kier molecular flexibility index (Phi) is 5.31. The van der Waals surface area contributed by atoms with Gasteiger partial charge in [-0.25, -0.2) is 0 Å². The van der Waals surface area contributed by atoms with E-state index in [-0.39, 0.29) is 0 Å². The second-order valence-corrected chi connectivity index (χ2v) is 4.97. The van der Waals surface area contributed by atoms with Crippen LogP contribution in [0.15, 0.2) is 40.0 Å². The molecule has 112 valence electrons. The number of nitrogens with one attached hydrogen (secondary N) is 2. The number of guanidine groups is 1. The van der Waals surface area contributed by atoms with Gasteiger partial charge in [0.2, 0.25) is 0 Å². The first-order valence-electron chi connectivity index (χ1n) is 6.99. The van der Waals surface area contributed by atoms with Crippen LogP contribution in [-0.4, -0.2) is 23.1 Å². The summed E-state index contributed by atoms with van der Waals surface area (Å²) >= 11 is 0. The maximum atomic E-state index is 5.28. The van der Waals surface area contributed by atoms with E-state index in [1.807, 2.05) is 24.3 Å². The van der Waals surface area contributed by atoms with Crippen LogP contribution in [0.2, 0.25) is 0 Å². The zero-order chi connectivity index (χ0) is 15.1. The fraction of sp³-hybridized carbons (Fsp3) is 0.400. The predicted octanol–water partition coefficient (Wildman–Crippen LogP) is 2.06. The summed E-state index contributed by atoms with van der Waals surface area (Å²) in [5.74, 6) is 1.85. The SMILES string of the molecule is CN=C(NCc1ccccn1)NCc1cc(C(C)C)no1. The Morgan fingerprint density at radius 1 is 1.29 bits per heavy atom. The largest absolute Gasteiger partial charge is 0.359 e. The summed E-state index contributed by atoms with van der Waals surface area (Å²) in [5.41, 5.74) is 1.92. The van der Waals surface area contributed by atoms with E-state index in [1.165, 1.54) is 0 Å². The van der Waals surface area contributed by atoms with Crippen LogP contribution in [-0.2, 0) is 13.1 Å². The predicted molar refractivity (Wildman–Crippen MR) is 81.9 cm³/mol. The molecule has 0 unspecified atom stereocenters. The van der Waals surface area contributed by atoms with Crippen LogP contribution >= 0.6 is 0 Å². The zero-order valence-corrected chi connectivity index (χ0v) is 12.6. The molecule has 6 nitrogen and oxygen atoms in total. The lowest BCUT2D eigenvalue weighted by atomic mass is 10.1. The smallest absolute Gasteiger partial charge is 0.191 e. The summed E-state index contributed by atoms with van der Waals surface area (Å²) in [6, 6.07) is 7.78. The molecule has 2 aromatic heterocycles. The molecule has 2 N–H and O–H groups in total. The summed E-state index contributed by atoms with van der Waals surface area (Å²) in [6.45, 7) is 5.33. The van der Waals surface area contributed by atoms with Crippen molar-refractivity contribution in [1.82, 2.24) is 20.8 Å². The number of pyridine rings is 1. The molecule has 0 atom stereocenters. The lowest BCUT2D eigenvalue weighted by Gasteiger charge is -2.10. The van der Waals surface area contributed by atoms with Gasteiger partial charge in [-0.3, -0.25) is 9.98 Å². The molecule has 0 aliphatic rings. The Bertz CT molecular complexity index is 577. The number of hydrogen-bond acceptors (Lipinski definition) is 4. The van der Waals surface area contributed by atoms with E-state index in [2.05, 4.69) is 39.6 Å². The molecule has 2 rings (SSSR count). The Labute approximate surface area is 124 Å². The summed E-state index contributed by atoms with van der Waals surface area (Å²) < 4.78 is 5.28. The average molecular weight is 287 g/mol. The van der Waals surface area contributed by atoms with E-state index >= 15 is 0 Å². The molecule has 21 heavy (non-hydrogen) atoms. The normalized spacial score (nSPS) is 11.7. The first-order chi connectivity index (χ1) is 10.2. The number of nitrogens with zero attached hydrogens (tertiary/aromatic N) is 3. The van der Waals surface area contributed by atoms with E-state index in [9.17, 15) is 0 Å². The van der Waals surface area contributed by atoms with Crippen LogP contribution < -0.4 is 10.6 Å². The van der Waals surface area contributed by atoms with Crippen molar-refractivity contribution in [2.75, 3.05) is 7.05 Å². The van der Waals surface area contributed by atoms with Gasteiger partial charge in [-0.2, -0.15) is 0 Å². The quantitative estimate of drug-likeness (QED) is 0.650. The van der Waals surface area contributed by atoms with E-state index in [0.717, 1.165) is 17.1 Å². The van der Waals surface area contributed by atoms with Crippen molar-refractivity contribution in [2.45, 2.75) is 32.9 Å². The Hall–Kier alpha value is -2.37. The van der Waals surface area contributed by atoms with Crippen molar-refractivity contribution >= 4 is 5.96 Å². The maximum Gasteiger partial charge on any atom is 0.191 e. The molecule has 0 aliphatic carbocycles. The number of aliphatic imine (C=N–C) groups is 1. The standard InChI is InChI=1S/C15H21N5O/c1-11(2)14-8-13(21-20-14)10-19-15(16-3)18-9-12-6-4-5-7-17-12/h4-8,11H,9-10H2,1-3H3,(H2,16,18,19). The highest BCUT2D eigenvalue weighted by Gasteiger charge is 2.08. The molecule has 0 radical (unpaired) electrons. The first-order valence-corrected chi connectivity index (χ1v) is 6.99. The molecular formula is C15H21N5O. The summed E-state index contributed by atoms with van der Waals surface area (Å²) in [4.78, 5) is 8.42. The van der Waals surface area contributed by atoms with Gasteiger partial charge in [-0.05, 0) is 18.1 Å². The van der Waals surface area contributed by atoms with Crippen LogP contribution in [0.1, 0.15) is 36.9 Å². The molecule has 0 bridgehead atoms. The van der Waals surface area contributed by atoms with Gasteiger partial charge >= 0.3 is 0 Å². The molecule has 0 amide bonds. The van der Waals surface area contributed by atoms with Crippen molar-refractivity contribution in [3.63, 3.8) is 0 Å². The second kappa shape index (κ2) is 7.42. The lowest BCUT2D eigenvalue weighted by molar-refractivity contribution is 0.372. The molecular weight excluding hydrogens is 266 g/mol. The average Bonchev–Trinajstić information content (AvgIpc) is 2.98. The van der Waals surface area contributed by atoms with Crippen molar-refractivity contribution < 1.29 is 4.52 Å². The fourth-order valence-electron chi connectivity index (χ4n) is 1.75. The van der Waals surface area contributed by atoms with Gasteiger partial charge in [0.15, 0.2) is 11.7 Å². The van der Waals surface area contributed by atoms with Crippen LogP contribution in [0, 0.1) is 0 Å². The summed E-state index contributed by atoms with van der Waals surface area (Å²) in [5, 5.41) is 10.4. The number of hydrogen-bond donors (Lipinski definition) is 2. The van der Waals surface area contributed by atoms with Crippen LogP contribution in [0.4, 0.5) is 0 Å². The van der Waals surface area contributed by atoms with Crippen molar-refractivity contribution in [2.24, 2.45) is 4.99 Å². The first kappa shape index (κ1) is 15.0. The van der Waals surface area contributed by atoms with Gasteiger partial charge < -0.3 is 15.2 Å². The topological polar surface area (TPSA) is 75.3 Å². The van der Waals surface area contributed by atoms with E-state index in [4.69, 9.17) is 4.52 Å². The van der Waals surface area contributed by atoms with Gasteiger partial charge in [0.1, 0.15) is 0 Å². The van der Waals surface area contributed by atoms with Gasteiger partial charge in [0, 0.05) is 19.3 Å². The summed E-state index contributed by atoms with van der Waals surface area (Å²) in [7, 11) is 1.73. The van der Waals surface area contributed by atoms with Crippen LogP contribution in [0.25, 0.3) is 0 Å². The Morgan fingerprint density at radius 2 is 2.10 bits per heavy atom. The Balaban J connectivity index is 1.82. The highest BCUT2D eigenvalue weighted by atomic mass is 16.5. The highest BCUT2D eigenvalue weighted by Crippen LogP contribution is 2.13. The second-order valence-electron chi connectivity index (χ2n) is 4.97.